The zero-order valence-corrected chi connectivity index (χ0v) is 19.6. The molecule has 1 aromatic heterocycles. The second-order valence-electron chi connectivity index (χ2n) is 8.01. The normalized spacial score (nSPS) is 16.7. The number of ether oxygens (including phenoxy) is 2. The molecule has 0 saturated carbocycles. The summed E-state index contributed by atoms with van der Waals surface area (Å²) in [7, 11) is 0. The van der Waals surface area contributed by atoms with Gasteiger partial charge in [-0.25, -0.2) is 4.98 Å². The standard InChI is InChI=1S/C27H28BrNO2/c1-3-7-22-16-25(30-18-20-8-5-4-6-9-20)27(22)19(2)21-10-13-24(14-11-21)31-26-15-12-23(28)17-29-26/h4-6,8-15,17,19,25H,3,7,16,18H2,1-2H3. The molecule has 2 atom stereocenters. The van der Waals surface area contributed by atoms with Crippen LogP contribution in [0.5, 0.6) is 11.6 Å². The Balaban J connectivity index is 1.44. The van der Waals surface area contributed by atoms with Gasteiger partial charge in [0.15, 0.2) is 0 Å². The molecule has 0 fully saturated rings. The number of rotatable bonds is 9. The lowest BCUT2D eigenvalue weighted by atomic mass is 9.74. The van der Waals surface area contributed by atoms with Gasteiger partial charge in [-0.05, 0) is 63.7 Å². The Morgan fingerprint density at radius 1 is 1.03 bits per heavy atom. The summed E-state index contributed by atoms with van der Waals surface area (Å²) in [6.07, 6.45) is 5.32. The van der Waals surface area contributed by atoms with E-state index in [4.69, 9.17) is 9.47 Å². The quantitative estimate of drug-likeness (QED) is 0.294. The first kappa shape index (κ1) is 21.8. The van der Waals surface area contributed by atoms with Crippen molar-refractivity contribution in [2.75, 3.05) is 0 Å². The van der Waals surface area contributed by atoms with Crippen LogP contribution in [0.25, 0.3) is 0 Å². The highest BCUT2D eigenvalue weighted by Crippen LogP contribution is 2.43. The largest absolute Gasteiger partial charge is 0.439 e. The number of nitrogens with zero attached hydrogens (tertiary/aromatic N) is 1. The molecule has 2 unspecified atom stereocenters. The van der Waals surface area contributed by atoms with Gasteiger partial charge >= 0.3 is 0 Å². The van der Waals surface area contributed by atoms with E-state index >= 15 is 0 Å². The molecule has 1 heterocycles. The van der Waals surface area contributed by atoms with Crippen molar-refractivity contribution in [1.82, 2.24) is 4.98 Å². The Hall–Kier alpha value is -2.43. The summed E-state index contributed by atoms with van der Waals surface area (Å²) in [6.45, 7) is 5.19. The minimum atomic E-state index is 0.208. The monoisotopic (exact) mass is 477 g/mol. The van der Waals surface area contributed by atoms with E-state index in [-0.39, 0.29) is 6.10 Å². The minimum Gasteiger partial charge on any atom is -0.439 e. The Morgan fingerprint density at radius 2 is 1.81 bits per heavy atom. The first-order valence-corrected chi connectivity index (χ1v) is 11.7. The fourth-order valence-corrected chi connectivity index (χ4v) is 4.38. The van der Waals surface area contributed by atoms with E-state index in [1.54, 1.807) is 11.8 Å². The van der Waals surface area contributed by atoms with Crippen LogP contribution in [0.3, 0.4) is 0 Å². The number of hydrogen-bond donors (Lipinski definition) is 0. The van der Waals surface area contributed by atoms with Crippen molar-refractivity contribution in [2.24, 2.45) is 0 Å². The SMILES string of the molecule is CCCC1=C(C(C)c2ccc(Oc3ccc(Br)cn3)cc2)C(OCc2ccccc2)C1. The average molecular weight is 478 g/mol. The molecule has 4 rings (SSSR count). The molecule has 3 nitrogen and oxygen atoms in total. The first-order chi connectivity index (χ1) is 15.1. The van der Waals surface area contributed by atoms with E-state index < -0.39 is 0 Å². The summed E-state index contributed by atoms with van der Waals surface area (Å²) in [4.78, 5) is 4.27. The van der Waals surface area contributed by atoms with Gasteiger partial charge in [0, 0.05) is 22.7 Å². The maximum Gasteiger partial charge on any atom is 0.219 e. The maximum absolute atomic E-state index is 6.31. The average Bonchev–Trinajstić information content (AvgIpc) is 2.78. The highest BCUT2D eigenvalue weighted by Gasteiger charge is 2.33. The van der Waals surface area contributed by atoms with Crippen molar-refractivity contribution in [3.05, 3.63) is 99.7 Å². The van der Waals surface area contributed by atoms with Crippen LogP contribution >= 0.6 is 15.9 Å². The van der Waals surface area contributed by atoms with Crippen LogP contribution in [0, 0.1) is 0 Å². The van der Waals surface area contributed by atoms with Crippen molar-refractivity contribution in [3.63, 3.8) is 0 Å². The van der Waals surface area contributed by atoms with Gasteiger partial charge in [0.25, 0.3) is 0 Å². The summed E-state index contributed by atoms with van der Waals surface area (Å²) >= 11 is 3.39. The second-order valence-corrected chi connectivity index (χ2v) is 8.92. The van der Waals surface area contributed by atoms with Gasteiger partial charge in [-0.15, -0.1) is 0 Å². The van der Waals surface area contributed by atoms with Crippen LogP contribution in [-0.2, 0) is 11.3 Å². The summed E-state index contributed by atoms with van der Waals surface area (Å²) in [5, 5.41) is 0. The van der Waals surface area contributed by atoms with E-state index in [0.29, 0.717) is 18.4 Å². The predicted molar refractivity (Wildman–Crippen MR) is 128 cm³/mol. The lowest BCUT2D eigenvalue weighted by molar-refractivity contribution is 0.0448. The van der Waals surface area contributed by atoms with Gasteiger partial charge in [-0.3, -0.25) is 0 Å². The van der Waals surface area contributed by atoms with E-state index in [9.17, 15) is 0 Å². The Bertz CT molecular complexity index is 1010. The molecular formula is C27H28BrNO2. The van der Waals surface area contributed by atoms with Crippen LogP contribution in [-0.4, -0.2) is 11.1 Å². The Labute approximate surface area is 193 Å². The molecule has 2 aromatic carbocycles. The molecule has 0 amide bonds. The summed E-state index contributed by atoms with van der Waals surface area (Å²) in [6, 6.07) is 22.5. The lowest BCUT2D eigenvalue weighted by Gasteiger charge is -2.37. The van der Waals surface area contributed by atoms with Crippen molar-refractivity contribution >= 4 is 15.9 Å². The summed E-state index contributed by atoms with van der Waals surface area (Å²) < 4.78 is 13.1. The molecule has 160 valence electrons. The first-order valence-electron chi connectivity index (χ1n) is 10.9. The third-order valence-electron chi connectivity index (χ3n) is 5.80. The molecule has 0 N–H and O–H groups in total. The van der Waals surface area contributed by atoms with E-state index in [1.807, 2.05) is 30.3 Å². The van der Waals surface area contributed by atoms with Gasteiger partial charge < -0.3 is 9.47 Å². The third kappa shape index (κ3) is 5.44. The van der Waals surface area contributed by atoms with E-state index in [1.165, 1.54) is 23.1 Å². The number of halogens is 1. The molecule has 0 bridgehead atoms. The van der Waals surface area contributed by atoms with Gasteiger partial charge in [0.1, 0.15) is 5.75 Å². The molecule has 3 aromatic rings. The number of pyridine rings is 1. The van der Waals surface area contributed by atoms with Gasteiger partial charge in [-0.1, -0.05) is 68.3 Å². The second kappa shape index (κ2) is 10.3. The van der Waals surface area contributed by atoms with Gasteiger partial charge in [0.2, 0.25) is 5.88 Å². The Morgan fingerprint density at radius 3 is 2.48 bits per heavy atom. The van der Waals surface area contributed by atoms with Crippen LogP contribution in [0.4, 0.5) is 0 Å². The van der Waals surface area contributed by atoms with Crippen LogP contribution < -0.4 is 4.74 Å². The highest BCUT2D eigenvalue weighted by atomic mass is 79.9. The lowest BCUT2D eigenvalue weighted by Crippen LogP contribution is -2.30. The molecule has 4 heteroatoms. The number of benzene rings is 2. The molecule has 0 aliphatic heterocycles. The fourth-order valence-electron chi connectivity index (χ4n) is 4.15. The van der Waals surface area contributed by atoms with E-state index in [2.05, 4.69) is 71.2 Å². The van der Waals surface area contributed by atoms with Crippen LogP contribution in [0.15, 0.2) is 88.5 Å². The maximum atomic E-state index is 6.31. The van der Waals surface area contributed by atoms with E-state index in [0.717, 1.165) is 23.1 Å². The van der Waals surface area contributed by atoms with Crippen molar-refractivity contribution in [1.29, 1.82) is 0 Å². The van der Waals surface area contributed by atoms with Crippen molar-refractivity contribution < 1.29 is 9.47 Å². The molecule has 0 radical (unpaired) electrons. The zero-order valence-electron chi connectivity index (χ0n) is 18.1. The fraction of sp³-hybridized carbons (Fsp3) is 0.296. The van der Waals surface area contributed by atoms with Crippen LogP contribution in [0.2, 0.25) is 0 Å². The molecule has 0 spiro atoms. The molecule has 1 aliphatic rings. The van der Waals surface area contributed by atoms with Gasteiger partial charge in [0.05, 0.1) is 12.7 Å². The Kier molecular flexibility index (Phi) is 7.21. The summed E-state index contributed by atoms with van der Waals surface area (Å²) in [5.41, 5.74) is 5.53. The topological polar surface area (TPSA) is 31.4 Å². The van der Waals surface area contributed by atoms with Crippen molar-refractivity contribution in [2.45, 2.75) is 51.7 Å². The predicted octanol–water partition coefficient (Wildman–Crippen LogP) is 7.83. The molecule has 1 aliphatic carbocycles. The smallest absolute Gasteiger partial charge is 0.219 e. The van der Waals surface area contributed by atoms with Crippen molar-refractivity contribution in [3.8, 4) is 11.6 Å². The third-order valence-corrected chi connectivity index (χ3v) is 6.27. The molecular weight excluding hydrogens is 450 g/mol. The number of aromatic nitrogens is 1. The molecule has 0 saturated heterocycles. The number of hydrogen-bond acceptors (Lipinski definition) is 3. The zero-order chi connectivity index (χ0) is 21.6. The van der Waals surface area contributed by atoms with Gasteiger partial charge in [-0.2, -0.15) is 0 Å². The summed E-state index contributed by atoms with van der Waals surface area (Å²) in [5.74, 6) is 1.71. The highest BCUT2D eigenvalue weighted by molar-refractivity contribution is 9.10. The minimum absolute atomic E-state index is 0.208. The molecule has 31 heavy (non-hydrogen) atoms. The van der Waals surface area contributed by atoms with Crippen LogP contribution in [0.1, 0.15) is 50.2 Å².